The number of carbonyl (C=O) groups is 2. The molecule has 0 radical (unpaired) electrons. The van der Waals surface area contributed by atoms with Crippen LogP contribution >= 0.6 is 11.3 Å². The van der Waals surface area contributed by atoms with Crippen LogP contribution in [0.1, 0.15) is 46.0 Å². The summed E-state index contributed by atoms with van der Waals surface area (Å²) in [7, 11) is 0. The van der Waals surface area contributed by atoms with Crippen molar-refractivity contribution < 1.29 is 14.7 Å². The molecule has 6 heteroatoms. The number of benzene rings is 1. The molecule has 5 nitrogen and oxygen atoms in total. The summed E-state index contributed by atoms with van der Waals surface area (Å²) >= 11 is 1.65. The number of piperidine rings is 1. The third-order valence-corrected chi connectivity index (χ3v) is 5.71. The van der Waals surface area contributed by atoms with E-state index >= 15 is 0 Å². The number of amides is 1. The number of carboxylic acids is 1. The number of rotatable bonds is 7. The first kappa shape index (κ1) is 18.6. The quantitative estimate of drug-likeness (QED) is 0.782. The minimum atomic E-state index is -0.893. The molecule has 1 aromatic carbocycles. The molecule has 3 rings (SSSR count). The van der Waals surface area contributed by atoms with Crippen LogP contribution in [-0.4, -0.2) is 41.5 Å². The highest BCUT2D eigenvalue weighted by Crippen LogP contribution is 2.27. The Morgan fingerprint density at radius 2 is 2.04 bits per heavy atom. The molecule has 1 aliphatic heterocycles. The van der Waals surface area contributed by atoms with Crippen LogP contribution in [0.4, 0.5) is 0 Å². The Morgan fingerprint density at radius 3 is 2.73 bits per heavy atom. The number of nitrogens with one attached hydrogen (secondary N) is 1. The van der Waals surface area contributed by atoms with E-state index in [2.05, 4.69) is 10.2 Å². The third-order valence-electron chi connectivity index (χ3n) is 4.83. The Morgan fingerprint density at radius 1 is 1.23 bits per heavy atom. The lowest BCUT2D eigenvalue weighted by Crippen LogP contribution is -2.37. The molecule has 1 aromatic heterocycles. The maximum absolute atomic E-state index is 12.0. The predicted molar refractivity (Wildman–Crippen MR) is 103 cm³/mol. The predicted octanol–water partition coefficient (Wildman–Crippen LogP) is 3.33. The molecule has 2 aromatic rings. The Labute approximate surface area is 157 Å². The Balaban J connectivity index is 1.45. The molecule has 0 bridgehead atoms. The number of aromatic carboxylic acids is 1. The van der Waals surface area contributed by atoms with Gasteiger partial charge in [0.05, 0.1) is 12.1 Å². The minimum absolute atomic E-state index is 0.0892. The van der Waals surface area contributed by atoms with Crippen LogP contribution in [-0.2, 0) is 11.3 Å². The zero-order valence-corrected chi connectivity index (χ0v) is 15.5. The average Bonchev–Trinajstić information content (AvgIpc) is 3.18. The third kappa shape index (κ3) is 5.16. The van der Waals surface area contributed by atoms with E-state index in [-0.39, 0.29) is 5.91 Å². The second-order valence-corrected chi connectivity index (χ2v) is 7.71. The number of thiophene rings is 1. The van der Waals surface area contributed by atoms with Gasteiger partial charge in [-0.2, -0.15) is 0 Å². The summed E-state index contributed by atoms with van der Waals surface area (Å²) in [4.78, 5) is 26.5. The van der Waals surface area contributed by atoms with Crippen LogP contribution in [0, 0.1) is 0 Å². The highest BCUT2D eigenvalue weighted by Gasteiger charge is 2.21. The van der Waals surface area contributed by atoms with E-state index in [0.717, 1.165) is 32.5 Å². The van der Waals surface area contributed by atoms with Crippen molar-refractivity contribution in [2.24, 2.45) is 0 Å². The van der Waals surface area contributed by atoms with Crippen LogP contribution in [0.2, 0.25) is 0 Å². The second-order valence-electron chi connectivity index (χ2n) is 6.67. The van der Waals surface area contributed by atoms with Crippen molar-refractivity contribution in [3.05, 3.63) is 57.8 Å². The van der Waals surface area contributed by atoms with Crippen LogP contribution in [0.5, 0.6) is 0 Å². The number of carboxylic acid groups (broad SMARTS) is 1. The van der Waals surface area contributed by atoms with Crippen molar-refractivity contribution in [1.29, 1.82) is 0 Å². The van der Waals surface area contributed by atoms with Gasteiger partial charge in [-0.25, -0.2) is 4.79 Å². The van der Waals surface area contributed by atoms with E-state index < -0.39 is 5.97 Å². The van der Waals surface area contributed by atoms with E-state index in [0.29, 0.717) is 24.4 Å². The van der Waals surface area contributed by atoms with E-state index in [1.807, 2.05) is 29.6 Å². The largest absolute Gasteiger partial charge is 0.478 e. The summed E-state index contributed by atoms with van der Waals surface area (Å²) in [5.41, 5.74) is 1.51. The fraction of sp³-hybridized carbons (Fsp3) is 0.400. The highest BCUT2D eigenvalue weighted by molar-refractivity contribution is 7.09. The Bertz CT molecular complexity index is 728. The second kappa shape index (κ2) is 8.96. The zero-order chi connectivity index (χ0) is 18.4. The summed E-state index contributed by atoms with van der Waals surface area (Å²) in [6, 6.07) is 11.2. The van der Waals surface area contributed by atoms with Gasteiger partial charge in [-0.3, -0.25) is 4.79 Å². The van der Waals surface area contributed by atoms with Gasteiger partial charge >= 0.3 is 5.97 Å². The average molecular weight is 372 g/mol. The minimum Gasteiger partial charge on any atom is -0.478 e. The normalized spacial score (nSPS) is 17.8. The molecule has 1 aliphatic rings. The molecule has 2 N–H and O–H groups in total. The Hall–Kier alpha value is -2.18. The van der Waals surface area contributed by atoms with Gasteiger partial charge in [0.1, 0.15) is 0 Å². The van der Waals surface area contributed by atoms with Crippen LogP contribution in [0.15, 0.2) is 41.8 Å². The first-order chi connectivity index (χ1) is 12.6. The Kier molecular flexibility index (Phi) is 6.41. The molecule has 0 saturated carbocycles. The summed E-state index contributed by atoms with van der Waals surface area (Å²) in [6.07, 6.45) is 2.71. The smallest absolute Gasteiger partial charge is 0.335 e. The number of nitrogens with zero attached hydrogens (tertiary/aromatic N) is 1. The van der Waals surface area contributed by atoms with Crippen LogP contribution in [0.25, 0.3) is 0 Å². The first-order valence-corrected chi connectivity index (χ1v) is 9.84. The molecule has 1 fully saturated rings. The number of hydrogen-bond donors (Lipinski definition) is 2. The maximum atomic E-state index is 12.0. The van der Waals surface area contributed by atoms with Gasteiger partial charge in [0, 0.05) is 24.4 Å². The first-order valence-electron chi connectivity index (χ1n) is 8.96. The van der Waals surface area contributed by atoms with Gasteiger partial charge in [0.15, 0.2) is 0 Å². The SMILES string of the molecule is O=C(CCN1CCCC(c2ccc(C(=O)O)cc2)C1)NCc1cccs1. The zero-order valence-electron chi connectivity index (χ0n) is 14.7. The molecule has 1 amide bonds. The monoisotopic (exact) mass is 372 g/mol. The lowest BCUT2D eigenvalue weighted by atomic mass is 9.90. The van der Waals surface area contributed by atoms with Crippen molar-refractivity contribution in [3.8, 4) is 0 Å². The number of hydrogen-bond acceptors (Lipinski definition) is 4. The summed E-state index contributed by atoms with van der Waals surface area (Å²) in [5, 5.41) is 14.0. The summed E-state index contributed by atoms with van der Waals surface area (Å²) in [5.74, 6) is -0.400. The fourth-order valence-electron chi connectivity index (χ4n) is 3.38. The molecule has 1 saturated heterocycles. The van der Waals surface area contributed by atoms with E-state index in [9.17, 15) is 9.59 Å². The fourth-order valence-corrected chi connectivity index (χ4v) is 4.02. The van der Waals surface area contributed by atoms with Crippen molar-refractivity contribution in [1.82, 2.24) is 10.2 Å². The van der Waals surface area contributed by atoms with Crippen molar-refractivity contribution in [2.45, 2.75) is 31.7 Å². The lowest BCUT2D eigenvalue weighted by molar-refractivity contribution is -0.121. The van der Waals surface area contributed by atoms with Gasteiger partial charge < -0.3 is 15.3 Å². The van der Waals surface area contributed by atoms with Crippen molar-refractivity contribution >= 4 is 23.2 Å². The van der Waals surface area contributed by atoms with Gasteiger partial charge in [0.25, 0.3) is 0 Å². The summed E-state index contributed by atoms with van der Waals surface area (Å²) < 4.78 is 0. The van der Waals surface area contributed by atoms with E-state index in [1.165, 1.54) is 10.4 Å². The molecule has 26 heavy (non-hydrogen) atoms. The molecule has 0 spiro atoms. The molecular weight excluding hydrogens is 348 g/mol. The van der Waals surface area contributed by atoms with Crippen LogP contribution < -0.4 is 5.32 Å². The van der Waals surface area contributed by atoms with E-state index in [4.69, 9.17) is 5.11 Å². The molecule has 138 valence electrons. The van der Waals surface area contributed by atoms with Gasteiger partial charge in [0.2, 0.25) is 5.91 Å². The van der Waals surface area contributed by atoms with Gasteiger partial charge in [-0.05, 0) is 54.4 Å². The molecular formula is C20H24N2O3S. The molecule has 2 heterocycles. The maximum Gasteiger partial charge on any atom is 0.335 e. The van der Waals surface area contributed by atoms with Gasteiger partial charge in [-0.15, -0.1) is 11.3 Å². The summed E-state index contributed by atoms with van der Waals surface area (Å²) in [6.45, 7) is 3.31. The molecule has 1 atom stereocenters. The standard InChI is InChI=1S/C20H24N2O3S/c23-19(21-13-18-4-2-12-26-18)9-11-22-10-1-3-17(14-22)15-5-7-16(8-6-15)20(24)25/h2,4-8,12,17H,1,3,9-11,13-14H2,(H,21,23)(H,24,25). The molecule has 1 unspecified atom stereocenters. The van der Waals surface area contributed by atoms with E-state index in [1.54, 1.807) is 23.5 Å². The van der Waals surface area contributed by atoms with Gasteiger partial charge in [-0.1, -0.05) is 18.2 Å². The van der Waals surface area contributed by atoms with Crippen molar-refractivity contribution in [3.63, 3.8) is 0 Å². The van der Waals surface area contributed by atoms with Crippen molar-refractivity contribution in [2.75, 3.05) is 19.6 Å². The highest BCUT2D eigenvalue weighted by atomic mass is 32.1. The lowest BCUT2D eigenvalue weighted by Gasteiger charge is -2.32. The molecule has 0 aliphatic carbocycles. The topological polar surface area (TPSA) is 69.6 Å². The number of likely N-dealkylation sites (tertiary alicyclic amines) is 1. The van der Waals surface area contributed by atoms with Crippen LogP contribution in [0.3, 0.4) is 0 Å². The number of carbonyl (C=O) groups excluding carboxylic acids is 1.